The molecule has 0 spiro atoms. The minimum Gasteiger partial charge on any atom is -0.419 e. The van der Waals surface area contributed by atoms with Gasteiger partial charge in [-0.15, -0.1) is 0 Å². The Morgan fingerprint density at radius 1 is 1.21 bits per heavy atom. The maximum Gasteiger partial charge on any atom is 0.416 e. The molecule has 1 aliphatic rings. The number of nitrogens with one attached hydrogen (secondary N) is 1. The Balaban J connectivity index is 1.82. The number of anilines is 1. The number of hydrogen-bond donors (Lipinski definition) is 1. The fourth-order valence-electron chi connectivity index (χ4n) is 3.11. The van der Waals surface area contributed by atoms with Crippen LogP contribution in [0.25, 0.3) is 5.69 Å². The highest BCUT2D eigenvalue weighted by Gasteiger charge is 2.35. The maximum absolute atomic E-state index is 13.2. The second kappa shape index (κ2) is 8.96. The molecule has 1 fully saturated rings. The normalized spacial score (nSPS) is 13.5. The van der Waals surface area contributed by atoms with Crippen LogP contribution in [0.4, 0.5) is 19.0 Å². The molecule has 3 aromatic rings. The van der Waals surface area contributed by atoms with Crippen molar-refractivity contribution >= 4 is 35.0 Å². The zero-order valence-corrected chi connectivity index (χ0v) is 18.3. The Hall–Kier alpha value is -3.22. The summed E-state index contributed by atoms with van der Waals surface area (Å²) in [6, 6.07) is 12.5. The second-order valence-corrected chi connectivity index (χ2v) is 8.19. The van der Waals surface area contributed by atoms with E-state index in [0.29, 0.717) is 25.0 Å². The number of rotatable bonds is 6. The number of esters is 1. The van der Waals surface area contributed by atoms with Gasteiger partial charge in [-0.25, -0.2) is 4.68 Å². The molecule has 0 amide bonds. The SMILES string of the molecule is N#Cc1nn(-c2c(Cl)cc(C(F)(F)F)cc2Cl)c(NCc2ccccc2)c1OC(=O)C1CC1. The van der Waals surface area contributed by atoms with E-state index in [0.717, 1.165) is 10.2 Å². The number of carbonyl (C=O) groups excluding carboxylic acids is 1. The first-order valence-electron chi connectivity index (χ1n) is 9.78. The van der Waals surface area contributed by atoms with Gasteiger partial charge in [0.2, 0.25) is 11.4 Å². The van der Waals surface area contributed by atoms with E-state index < -0.39 is 17.7 Å². The van der Waals surface area contributed by atoms with Gasteiger partial charge in [0.25, 0.3) is 0 Å². The standard InChI is InChI=1S/C22H15Cl2F3N4O2/c23-15-8-14(22(25,26)27)9-16(24)18(15)31-20(29-11-12-4-2-1-3-5-12)19(17(10-28)30-31)33-21(32)13-6-7-13/h1-5,8-9,13,29H,6-7,11H2. The van der Waals surface area contributed by atoms with E-state index in [-0.39, 0.29) is 45.5 Å². The number of ether oxygens (including phenoxy) is 1. The van der Waals surface area contributed by atoms with Crippen molar-refractivity contribution in [3.8, 4) is 17.5 Å². The van der Waals surface area contributed by atoms with Gasteiger partial charge in [0.15, 0.2) is 5.82 Å². The lowest BCUT2D eigenvalue weighted by atomic mass is 10.2. The first kappa shape index (κ1) is 23.0. The van der Waals surface area contributed by atoms with Gasteiger partial charge in [-0.1, -0.05) is 53.5 Å². The highest BCUT2D eigenvalue weighted by Crippen LogP contribution is 2.41. The topological polar surface area (TPSA) is 79.9 Å². The van der Waals surface area contributed by atoms with Gasteiger partial charge in [-0.2, -0.15) is 23.5 Å². The molecule has 1 heterocycles. The van der Waals surface area contributed by atoms with Crippen LogP contribution in [0, 0.1) is 17.2 Å². The summed E-state index contributed by atoms with van der Waals surface area (Å²) < 4.78 is 46.0. The van der Waals surface area contributed by atoms with Crippen LogP contribution in [0.5, 0.6) is 5.75 Å². The van der Waals surface area contributed by atoms with E-state index in [1.165, 1.54) is 0 Å². The van der Waals surface area contributed by atoms with Gasteiger partial charge in [-0.05, 0) is 30.5 Å². The van der Waals surface area contributed by atoms with Crippen molar-refractivity contribution < 1.29 is 22.7 Å². The van der Waals surface area contributed by atoms with Gasteiger partial charge in [0.05, 0.1) is 21.5 Å². The summed E-state index contributed by atoms with van der Waals surface area (Å²) in [4.78, 5) is 12.3. The van der Waals surface area contributed by atoms with Crippen molar-refractivity contribution in [2.75, 3.05) is 5.32 Å². The van der Waals surface area contributed by atoms with Crippen molar-refractivity contribution in [2.24, 2.45) is 5.92 Å². The third kappa shape index (κ3) is 4.92. The number of alkyl halides is 3. The number of aromatic nitrogens is 2. The predicted molar refractivity (Wildman–Crippen MR) is 115 cm³/mol. The predicted octanol–water partition coefficient (Wildman–Crippen LogP) is 6.00. The molecule has 1 N–H and O–H groups in total. The van der Waals surface area contributed by atoms with E-state index in [1.807, 2.05) is 36.4 Å². The molecular weight excluding hydrogens is 480 g/mol. The molecule has 1 saturated carbocycles. The molecule has 0 bridgehead atoms. The van der Waals surface area contributed by atoms with Crippen LogP contribution in [0.1, 0.15) is 29.7 Å². The molecule has 0 atom stereocenters. The summed E-state index contributed by atoms with van der Waals surface area (Å²) >= 11 is 12.3. The third-order valence-electron chi connectivity index (χ3n) is 4.92. The van der Waals surface area contributed by atoms with Crippen LogP contribution >= 0.6 is 23.2 Å². The van der Waals surface area contributed by atoms with E-state index in [4.69, 9.17) is 27.9 Å². The van der Waals surface area contributed by atoms with Gasteiger partial charge < -0.3 is 10.1 Å². The van der Waals surface area contributed by atoms with Crippen molar-refractivity contribution in [3.63, 3.8) is 0 Å². The summed E-state index contributed by atoms with van der Waals surface area (Å²) in [5.41, 5.74) is -0.514. The first-order valence-corrected chi connectivity index (χ1v) is 10.5. The molecule has 1 aromatic heterocycles. The molecule has 4 rings (SSSR count). The first-order chi connectivity index (χ1) is 15.7. The summed E-state index contributed by atoms with van der Waals surface area (Å²) in [7, 11) is 0. The number of nitrogens with zero attached hydrogens (tertiary/aromatic N) is 3. The van der Waals surface area contributed by atoms with E-state index in [9.17, 15) is 23.2 Å². The van der Waals surface area contributed by atoms with Gasteiger partial charge in [0.1, 0.15) is 11.8 Å². The number of nitriles is 1. The quantitative estimate of drug-likeness (QED) is 0.425. The van der Waals surface area contributed by atoms with Crippen molar-refractivity contribution in [1.82, 2.24) is 9.78 Å². The fraction of sp³-hybridized carbons (Fsp3) is 0.227. The van der Waals surface area contributed by atoms with Gasteiger partial charge >= 0.3 is 12.1 Å². The Morgan fingerprint density at radius 2 is 1.85 bits per heavy atom. The lowest BCUT2D eigenvalue weighted by Gasteiger charge is -2.16. The van der Waals surface area contributed by atoms with Gasteiger partial charge in [0, 0.05) is 6.54 Å². The minimum atomic E-state index is -4.66. The molecule has 2 aromatic carbocycles. The van der Waals surface area contributed by atoms with Crippen LogP contribution < -0.4 is 10.1 Å². The average molecular weight is 495 g/mol. The molecule has 6 nitrogen and oxygen atoms in total. The Morgan fingerprint density at radius 3 is 2.39 bits per heavy atom. The summed E-state index contributed by atoms with van der Waals surface area (Å²) in [5, 5.41) is 16.1. The van der Waals surface area contributed by atoms with Crippen LogP contribution in [-0.4, -0.2) is 15.7 Å². The highest BCUT2D eigenvalue weighted by molar-refractivity contribution is 6.38. The third-order valence-corrected chi connectivity index (χ3v) is 5.50. The van der Waals surface area contributed by atoms with Crippen molar-refractivity contribution in [1.29, 1.82) is 5.26 Å². The molecule has 11 heteroatoms. The zero-order chi connectivity index (χ0) is 23.8. The number of carbonyl (C=O) groups is 1. The molecule has 0 saturated heterocycles. The number of hydrogen-bond acceptors (Lipinski definition) is 5. The minimum absolute atomic E-state index is 0.0629. The Bertz CT molecular complexity index is 1230. The zero-order valence-electron chi connectivity index (χ0n) is 16.8. The van der Waals surface area contributed by atoms with E-state index in [2.05, 4.69) is 10.4 Å². The molecule has 0 aliphatic heterocycles. The average Bonchev–Trinajstić information content (AvgIpc) is 3.56. The molecule has 1 aliphatic carbocycles. The summed E-state index contributed by atoms with van der Waals surface area (Å²) in [6.45, 7) is 0.237. The highest BCUT2D eigenvalue weighted by atomic mass is 35.5. The summed E-state index contributed by atoms with van der Waals surface area (Å²) in [5.74, 6) is -0.858. The van der Waals surface area contributed by atoms with Gasteiger partial charge in [-0.3, -0.25) is 4.79 Å². The smallest absolute Gasteiger partial charge is 0.416 e. The monoisotopic (exact) mass is 494 g/mol. The molecule has 33 heavy (non-hydrogen) atoms. The van der Waals surface area contributed by atoms with Crippen LogP contribution in [-0.2, 0) is 17.5 Å². The number of halogens is 5. The Kier molecular flexibility index (Phi) is 6.23. The largest absolute Gasteiger partial charge is 0.419 e. The Labute approximate surface area is 196 Å². The maximum atomic E-state index is 13.2. The van der Waals surface area contributed by atoms with Crippen LogP contribution in [0.2, 0.25) is 10.0 Å². The van der Waals surface area contributed by atoms with E-state index in [1.54, 1.807) is 0 Å². The van der Waals surface area contributed by atoms with E-state index >= 15 is 0 Å². The number of benzene rings is 2. The fourth-order valence-corrected chi connectivity index (χ4v) is 3.75. The van der Waals surface area contributed by atoms with Crippen molar-refractivity contribution in [3.05, 3.63) is 69.3 Å². The van der Waals surface area contributed by atoms with Crippen LogP contribution in [0.3, 0.4) is 0 Å². The lowest BCUT2D eigenvalue weighted by molar-refractivity contribution is -0.137. The molecule has 170 valence electrons. The molecule has 0 radical (unpaired) electrons. The summed E-state index contributed by atoms with van der Waals surface area (Å²) in [6.07, 6.45) is -3.30. The van der Waals surface area contributed by atoms with Crippen LogP contribution in [0.15, 0.2) is 42.5 Å². The molecule has 0 unspecified atom stereocenters. The lowest BCUT2D eigenvalue weighted by Crippen LogP contribution is -2.13. The second-order valence-electron chi connectivity index (χ2n) is 7.37. The van der Waals surface area contributed by atoms with Crippen molar-refractivity contribution in [2.45, 2.75) is 25.6 Å². The molecular formula is C22H15Cl2F3N4O2.